The molecule has 0 amide bonds. The second-order valence-electron chi connectivity index (χ2n) is 7.42. The van der Waals surface area contributed by atoms with E-state index in [1.165, 1.54) is 12.8 Å². The third-order valence-electron chi connectivity index (χ3n) is 4.08. The largest absolute Gasteiger partial charge is 0.381 e. The fourth-order valence-electron chi connectivity index (χ4n) is 2.85. The van der Waals surface area contributed by atoms with Crippen molar-refractivity contribution >= 4 is 17.2 Å². The van der Waals surface area contributed by atoms with E-state index in [-0.39, 0.29) is 5.54 Å². The highest BCUT2D eigenvalue weighted by Crippen LogP contribution is 2.24. The zero-order valence-corrected chi connectivity index (χ0v) is 16.5. The monoisotopic (exact) mass is 372 g/mol. The van der Waals surface area contributed by atoms with Crippen LogP contribution in [-0.4, -0.2) is 44.7 Å². The van der Waals surface area contributed by atoms with Gasteiger partial charge >= 0.3 is 0 Å². The molecule has 0 atom stereocenters. The molecule has 8 nitrogen and oxygen atoms in total. The van der Waals surface area contributed by atoms with Crippen LogP contribution in [0.5, 0.6) is 0 Å². The van der Waals surface area contributed by atoms with Gasteiger partial charge in [0.1, 0.15) is 11.3 Å². The van der Waals surface area contributed by atoms with Crippen LogP contribution in [0.2, 0.25) is 0 Å². The average Bonchev–Trinajstić information content (AvgIpc) is 3.37. The van der Waals surface area contributed by atoms with Gasteiger partial charge < -0.3 is 14.8 Å². The van der Waals surface area contributed by atoms with Crippen LogP contribution in [0.1, 0.15) is 39.3 Å². The van der Waals surface area contributed by atoms with Crippen LogP contribution in [0.15, 0.2) is 30.7 Å². The summed E-state index contributed by atoms with van der Waals surface area (Å²) in [6, 6.07) is 3.90. The molecule has 146 valence electrons. The van der Waals surface area contributed by atoms with Crippen molar-refractivity contribution < 1.29 is 9.47 Å². The Bertz CT molecular complexity index is 853. The molecule has 1 aliphatic heterocycles. The number of methoxy groups -OCH3 is 1. The molecular weight excluding hydrogens is 344 g/mol. The molecule has 0 aromatic carbocycles. The molecule has 4 rings (SSSR count). The van der Waals surface area contributed by atoms with Crippen molar-refractivity contribution in [2.24, 2.45) is 0 Å². The number of nitrogens with zero attached hydrogens (tertiary/aromatic N) is 5. The minimum atomic E-state index is -0.113. The number of fused-ring (bicyclic) bond motifs is 1. The van der Waals surface area contributed by atoms with Gasteiger partial charge in [0.25, 0.3) is 0 Å². The van der Waals surface area contributed by atoms with Gasteiger partial charge in [-0.3, -0.25) is 0 Å². The molecule has 4 heterocycles. The second-order valence-corrected chi connectivity index (χ2v) is 7.42. The lowest BCUT2D eigenvalue weighted by molar-refractivity contribution is 0.181. The van der Waals surface area contributed by atoms with E-state index in [1.54, 1.807) is 24.0 Å². The van der Waals surface area contributed by atoms with E-state index in [2.05, 4.69) is 41.3 Å². The van der Waals surface area contributed by atoms with Crippen molar-refractivity contribution in [2.75, 3.05) is 25.6 Å². The number of aromatic nitrogens is 5. The molecule has 0 aliphatic carbocycles. The van der Waals surface area contributed by atoms with Gasteiger partial charge in [0.2, 0.25) is 0 Å². The Morgan fingerprint density at radius 3 is 2.63 bits per heavy atom. The Hall–Kier alpha value is -2.45. The van der Waals surface area contributed by atoms with Crippen molar-refractivity contribution in [3.8, 4) is 0 Å². The van der Waals surface area contributed by atoms with Crippen molar-refractivity contribution in [3.63, 3.8) is 0 Å². The lowest BCUT2D eigenvalue weighted by Gasteiger charge is -2.22. The number of hydrogen-bond acceptors (Lipinski definition) is 6. The SMILES string of the molecule is C1CCOC1.COCc1cc2c(Nc3ccnn3C(C)(C)C)nccn2n1. The Morgan fingerprint density at radius 2 is 2.00 bits per heavy atom. The minimum Gasteiger partial charge on any atom is -0.381 e. The molecule has 0 unspecified atom stereocenters. The molecule has 1 fully saturated rings. The topological polar surface area (TPSA) is 78.5 Å². The summed E-state index contributed by atoms with van der Waals surface area (Å²) in [5, 5.41) is 12.2. The van der Waals surface area contributed by atoms with Crippen LogP contribution in [0, 0.1) is 0 Å². The van der Waals surface area contributed by atoms with Gasteiger partial charge in [-0.2, -0.15) is 10.2 Å². The summed E-state index contributed by atoms with van der Waals surface area (Å²) in [6.07, 6.45) is 7.87. The van der Waals surface area contributed by atoms with Gasteiger partial charge in [0, 0.05) is 38.8 Å². The first-order valence-electron chi connectivity index (χ1n) is 9.20. The number of nitrogens with one attached hydrogen (secondary N) is 1. The van der Waals surface area contributed by atoms with E-state index in [1.807, 2.05) is 23.0 Å². The van der Waals surface area contributed by atoms with E-state index in [0.717, 1.165) is 36.1 Å². The van der Waals surface area contributed by atoms with Gasteiger partial charge in [-0.25, -0.2) is 14.2 Å². The zero-order valence-electron chi connectivity index (χ0n) is 16.5. The Morgan fingerprint density at radius 1 is 1.22 bits per heavy atom. The van der Waals surface area contributed by atoms with Crippen LogP contribution in [0.25, 0.3) is 5.52 Å². The Balaban J connectivity index is 0.000000364. The number of rotatable bonds is 4. The van der Waals surface area contributed by atoms with Crippen molar-refractivity contribution in [3.05, 3.63) is 36.4 Å². The highest BCUT2D eigenvalue weighted by atomic mass is 16.5. The van der Waals surface area contributed by atoms with Crippen LogP contribution in [0.3, 0.4) is 0 Å². The van der Waals surface area contributed by atoms with Crippen LogP contribution >= 0.6 is 0 Å². The molecule has 1 aliphatic rings. The summed E-state index contributed by atoms with van der Waals surface area (Å²) in [5.41, 5.74) is 1.65. The summed E-state index contributed by atoms with van der Waals surface area (Å²) in [4.78, 5) is 4.42. The molecule has 0 bridgehead atoms. The fraction of sp³-hybridized carbons (Fsp3) is 0.526. The molecule has 0 saturated carbocycles. The van der Waals surface area contributed by atoms with Crippen LogP contribution in [-0.2, 0) is 21.6 Å². The molecule has 3 aromatic heterocycles. The maximum atomic E-state index is 5.14. The number of hydrogen-bond donors (Lipinski definition) is 1. The fourth-order valence-corrected chi connectivity index (χ4v) is 2.85. The quantitative estimate of drug-likeness (QED) is 0.756. The minimum absolute atomic E-state index is 0.113. The number of ether oxygens (including phenoxy) is 2. The zero-order chi connectivity index (χ0) is 19.3. The molecule has 1 saturated heterocycles. The summed E-state index contributed by atoms with van der Waals surface area (Å²) in [5.74, 6) is 1.63. The first-order chi connectivity index (χ1) is 13.0. The summed E-state index contributed by atoms with van der Waals surface area (Å²) < 4.78 is 13.8. The maximum Gasteiger partial charge on any atom is 0.157 e. The van der Waals surface area contributed by atoms with Gasteiger partial charge in [-0.15, -0.1) is 0 Å². The summed E-state index contributed by atoms with van der Waals surface area (Å²) in [6.45, 7) is 8.79. The predicted molar refractivity (Wildman–Crippen MR) is 104 cm³/mol. The third kappa shape index (κ3) is 4.84. The summed E-state index contributed by atoms with van der Waals surface area (Å²) >= 11 is 0. The maximum absolute atomic E-state index is 5.14. The highest BCUT2D eigenvalue weighted by molar-refractivity contribution is 5.72. The molecule has 27 heavy (non-hydrogen) atoms. The van der Waals surface area contributed by atoms with Gasteiger partial charge in [-0.05, 0) is 39.7 Å². The molecular formula is C19H28N6O2. The molecule has 1 N–H and O–H groups in total. The standard InChI is InChI=1S/C15H20N6O.C4H8O/c1-15(2,3)21-13(5-6-17-21)18-14-12-9-11(10-22-4)19-20(12)8-7-16-14;1-2-4-5-3-1/h5-9H,10H2,1-4H3,(H,16,18);1-4H2. The Labute approximate surface area is 159 Å². The molecule has 0 radical (unpaired) electrons. The predicted octanol–water partition coefficient (Wildman–Crippen LogP) is 3.37. The Kier molecular flexibility index (Phi) is 6.08. The second kappa shape index (κ2) is 8.49. The highest BCUT2D eigenvalue weighted by Gasteiger charge is 2.18. The van der Waals surface area contributed by atoms with E-state index < -0.39 is 0 Å². The van der Waals surface area contributed by atoms with Crippen molar-refractivity contribution in [1.29, 1.82) is 0 Å². The number of anilines is 2. The van der Waals surface area contributed by atoms with E-state index in [9.17, 15) is 0 Å². The first kappa shape index (κ1) is 19.3. The average molecular weight is 372 g/mol. The molecule has 0 spiro atoms. The lowest BCUT2D eigenvalue weighted by atomic mass is 10.1. The van der Waals surface area contributed by atoms with Crippen molar-refractivity contribution in [2.45, 2.75) is 45.8 Å². The summed E-state index contributed by atoms with van der Waals surface area (Å²) in [7, 11) is 1.66. The first-order valence-corrected chi connectivity index (χ1v) is 9.20. The van der Waals surface area contributed by atoms with Crippen LogP contribution in [0.4, 0.5) is 11.6 Å². The van der Waals surface area contributed by atoms with E-state index in [0.29, 0.717) is 6.61 Å². The van der Waals surface area contributed by atoms with Gasteiger partial charge in [0.15, 0.2) is 5.82 Å². The smallest absolute Gasteiger partial charge is 0.157 e. The van der Waals surface area contributed by atoms with Crippen molar-refractivity contribution in [1.82, 2.24) is 24.4 Å². The van der Waals surface area contributed by atoms with Crippen LogP contribution < -0.4 is 5.32 Å². The normalized spacial score (nSPS) is 14.2. The molecule has 3 aromatic rings. The lowest BCUT2D eigenvalue weighted by Crippen LogP contribution is -2.24. The van der Waals surface area contributed by atoms with E-state index >= 15 is 0 Å². The van der Waals surface area contributed by atoms with E-state index in [4.69, 9.17) is 9.47 Å². The third-order valence-corrected chi connectivity index (χ3v) is 4.08. The van der Waals surface area contributed by atoms with Gasteiger partial charge in [-0.1, -0.05) is 0 Å². The van der Waals surface area contributed by atoms with Gasteiger partial charge in [0.05, 0.1) is 24.0 Å². The molecule has 8 heteroatoms.